The van der Waals surface area contributed by atoms with Gasteiger partial charge in [-0.05, 0) is 48.2 Å². The maximum Gasteiger partial charge on any atom is 0.0409 e. The summed E-state index contributed by atoms with van der Waals surface area (Å²) >= 11 is 7.68. The number of halogens is 1. The van der Waals surface area contributed by atoms with Gasteiger partial charge in [0.2, 0.25) is 0 Å². The molecular weight excluding hydrogens is 250 g/mol. The predicted molar refractivity (Wildman–Crippen MR) is 77.0 cm³/mol. The lowest BCUT2D eigenvalue weighted by Crippen LogP contribution is -1.98. The van der Waals surface area contributed by atoms with Crippen LogP contribution in [0, 0.1) is 0 Å². The van der Waals surface area contributed by atoms with Crippen LogP contribution < -0.4 is 5.32 Å². The Kier molecular flexibility index (Phi) is 4.35. The zero-order valence-corrected chi connectivity index (χ0v) is 11.2. The number of thioether (sulfide) groups is 1. The Labute approximate surface area is 111 Å². The second kappa shape index (κ2) is 5.99. The summed E-state index contributed by atoms with van der Waals surface area (Å²) in [7, 11) is 0. The third-order valence-electron chi connectivity index (χ3n) is 2.48. The summed E-state index contributed by atoms with van der Waals surface area (Å²) in [5.74, 6) is 0. The topological polar surface area (TPSA) is 12.0 Å². The minimum absolute atomic E-state index is 0.780. The quantitative estimate of drug-likeness (QED) is 0.805. The van der Waals surface area contributed by atoms with Gasteiger partial charge in [0.15, 0.2) is 0 Å². The fraction of sp³-hybridized carbons (Fsp3) is 0.143. The van der Waals surface area contributed by atoms with E-state index in [1.807, 2.05) is 18.2 Å². The van der Waals surface area contributed by atoms with E-state index in [0.29, 0.717) is 0 Å². The maximum absolute atomic E-state index is 5.94. The summed E-state index contributed by atoms with van der Waals surface area (Å²) in [5.41, 5.74) is 2.31. The van der Waals surface area contributed by atoms with Crippen molar-refractivity contribution in [2.45, 2.75) is 11.4 Å². The Hall–Kier alpha value is -1.12. The Morgan fingerprint density at radius 3 is 2.53 bits per heavy atom. The first-order valence-electron chi connectivity index (χ1n) is 5.40. The minimum atomic E-state index is 0.780. The summed E-state index contributed by atoms with van der Waals surface area (Å²) in [5, 5.41) is 4.15. The molecule has 0 atom stereocenters. The SMILES string of the molecule is CSc1ccc(NCc2cccc(Cl)c2)cc1. The first-order valence-corrected chi connectivity index (χ1v) is 7.00. The van der Waals surface area contributed by atoms with Gasteiger partial charge in [0.25, 0.3) is 0 Å². The van der Waals surface area contributed by atoms with E-state index >= 15 is 0 Å². The first-order chi connectivity index (χ1) is 8.28. The molecule has 0 amide bonds. The number of nitrogens with one attached hydrogen (secondary N) is 1. The highest BCUT2D eigenvalue weighted by Crippen LogP contribution is 2.18. The van der Waals surface area contributed by atoms with Gasteiger partial charge in [-0.2, -0.15) is 0 Å². The molecule has 1 nitrogen and oxygen atoms in total. The van der Waals surface area contributed by atoms with Gasteiger partial charge in [-0.25, -0.2) is 0 Å². The molecule has 2 rings (SSSR count). The van der Waals surface area contributed by atoms with E-state index in [2.05, 4.69) is 41.9 Å². The molecule has 0 fully saturated rings. The van der Waals surface area contributed by atoms with Crippen molar-refractivity contribution in [1.82, 2.24) is 0 Å². The molecule has 0 aliphatic heterocycles. The highest BCUT2D eigenvalue weighted by molar-refractivity contribution is 7.98. The average molecular weight is 264 g/mol. The van der Waals surface area contributed by atoms with Crippen LogP contribution in [0.25, 0.3) is 0 Å². The second-order valence-corrected chi connectivity index (χ2v) is 5.03. The molecule has 0 saturated carbocycles. The Morgan fingerprint density at radius 2 is 1.88 bits per heavy atom. The van der Waals surface area contributed by atoms with Gasteiger partial charge in [-0.15, -0.1) is 11.8 Å². The van der Waals surface area contributed by atoms with Gasteiger partial charge in [-0.3, -0.25) is 0 Å². The van der Waals surface area contributed by atoms with Crippen molar-refractivity contribution in [3.05, 3.63) is 59.1 Å². The van der Waals surface area contributed by atoms with Crippen LogP contribution in [0.15, 0.2) is 53.4 Å². The van der Waals surface area contributed by atoms with E-state index in [9.17, 15) is 0 Å². The van der Waals surface area contributed by atoms with Crippen molar-refractivity contribution >= 4 is 29.1 Å². The van der Waals surface area contributed by atoms with E-state index in [1.165, 1.54) is 10.5 Å². The third kappa shape index (κ3) is 3.69. The lowest BCUT2D eigenvalue weighted by Gasteiger charge is -2.07. The summed E-state index contributed by atoms with van der Waals surface area (Å²) in [6.07, 6.45) is 2.08. The lowest BCUT2D eigenvalue weighted by atomic mass is 10.2. The van der Waals surface area contributed by atoms with Crippen LogP contribution in [0.5, 0.6) is 0 Å². The van der Waals surface area contributed by atoms with E-state index in [1.54, 1.807) is 11.8 Å². The first kappa shape index (κ1) is 12.3. The van der Waals surface area contributed by atoms with Crippen LogP contribution in [-0.4, -0.2) is 6.26 Å². The molecule has 2 aromatic rings. The zero-order chi connectivity index (χ0) is 12.1. The maximum atomic E-state index is 5.94. The summed E-state index contributed by atoms with van der Waals surface area (Å²) in [6.45, 7) is 0.791. The highest BCUT2D eigenvalue weighted by atomic mass is 35.5. The Bertz CT molecular complexity index is 482. The van der Waals surface area contributed by atoms with Gasteiger partial charge in [-0.1, -0.05) is 23.7 Å². The molecule has 0 radical (unpaired) electrons. The highest BCUT2D eigenvalue weighted by Gasteiger charge is 1.96. The third-order valence-corrected chi connectivity index (χ3v) is 3.45. The van der Waals surface area contributed by atoms with Crippen molar-refractivity contribution in [1.29, 1.82) is 0 Å². The van der Waals surface area contributed by atoms with Crippen LogP contribution >= 0.6 is 23.4 Å². The van der Waals surface area contributed by atoms with Crippen LogP contribution in [0.3, 0.4) is 0 Å². The summed E-state index contributed by atoms with van der Waals surface area (Å²) < 4.78 is 0. The van der Waals surface area contributed by atoms with Gasteiger partial charge in [0, 0.05) is 22.2 Å². The van der Waals surface area contributed by atoms with Gasteiger partial charge < -0.3 is 5.32 Å². The molecule has 0 aliphatic carbocycles. The largest absolute Gasteiger partial charge is 0.381 e. The Morgan fingerprint density at radius 1 is 1.12 bits per heavy atom. The molecule has 0 spiro atoms. The van der Waals surface area contributed by atoms with Crippen LogP contribution in [-0.2, 0) is 6.54 Å². The van der Waals surface area contributed by atoms with Crippen LogP contribution in [0.4, 0.5) is 5.69 Å². The van der Waals surface area contributed by atoms with Crippen molar-refractivity contribution < 1.29 is 0 Å². The van der Waals surface area contributed by atoms with Crippen LogP contribution in [0.2, 0.25) is 5.02 Å². The summed E-state index contributed by atoms with van der Waals surface area (Å²) in [4.78, 5) is 1.28. The van der Waals surface area contributed by atoms with E-state index in [4.69, 9.17) is 11.6 Å². The minimum Gasteiger partial charge on any atom is -0.381 e. The van der Waals surface area contributed by atoms with E-state index in [0.717, 1.165) is 17.3 Å². The fourth-order valence-electron chi connectivity index (χ4n) is 1.56. The van der Waals surface area contributed by atoms with Gasteiger partial charge >= 0.3 is 0 Å². The number of anilines is 1. The standard InChI is InChI=1S/C14H14ClNS/c1-17-14-7-5-13(6-8-14)16-10-11-3-2-4-12(15)9-11/h2-9,16H,10H2,1H3. The number of hydrogen-bond donors (Lipinski definition) is 1. The molecule has 3 heteroatoms. The van der Waals surface area contributed by atoms with Crippen LogP contribution in [0.1, 0.15) is 5.56 Å². The molecule has 0 saturated heterocycles. The summed E-state index contributed by atoms with van der Waals surface area (Å²) in [6, 6.07) is 16.3. The molecule has 0 aromatic heterocycles. The zero-order valence-electron chi connectivity index (χ0n) is 9.61. The molecular formula is C14H14ClNS. The smallest absolute Gasteiger partial charge is 0.0409 e. The number of benzene rings is 2. The predicted octanol–water partition coefficient (Wildman–Crippen LogP) is 4.67. The van der Waals surface area contributed by atoms with Crippen molar-refractivity contribution in [2.75, 3.05) is 11.6 Å². The average Bonchev–Trinajstić information content (AvgIpc) is 2.37. The molecule has 2 aromatic carbocycles. The van der Waals surface area contributed by atoms with E-state index in [-0.39, 0.29) is 0 Å². The van der Waals surface area contributed by atoms with Gasteiger partial charge in [0.05, 0.1) is 0 Å². The second-order valence-electron chi connectivity index (χ2n) is 3.71. The molecule has 0 bridgehead atoms. The van der Waals surface area contributed by atoms with E-state index < -0.39 is 0 Å². The monoisotopic (exact) mass is 263 g/mol. The van der Waals surface area contributed by atoms with Crippen molar-refractivity contribution in [3.63, 3.8) is 0 Å². The van der Waals surface area contributed by atoms with Crippen molar-refractivity contribution in [2.24, 2.45) is 0 Å². The molecule has 0 heterocycles. The Balaban J connectivity index is 1.97. The lowest BCUT2D eigenvalue weighted by molar-refractivity contribution is 1.15. The normalized spacial score (nSPS) is 10.2. The molecule has 17 heavy (non-hydrogen) atoms. The molecule has 0 aliphatic rings. The van der Waals surface area contributed by atoms with Gasteiger partial charge in [0.1, 0.15) is 0 Å². The van der Waals surface area contributed by atoms with Crippen molar-refractivity contribution in [3.8, 4) is 0 Å². The molecule has 88 valence electrons. The molecule has 1 N–H and O–H groups in total. The number of hydrogen-bond acceptors (Lipinski definition) is 2. The fourth-order valence-corrected chi connectivity index (χ4v) is 2.18. The molecule has 0 unspecified atom stereocenters. The number of rotatable bonds is 4.